The Kier molecular flexibility index (Phi) is 12.5. The van der Waals surface area contributed by atoms with Crippen LogP contribution in [-0.4, -0.2) is 135 Å². The number of ether oxygens (including phenoxy) is 9. The number of aryl methyl sites for hydroxylation is 1. The molecule has 63 heavy (non-hydrogen) atoms. The van der Waals surface area contributed by atoms with Gasteiger partial charge in [-0.1, -0.05) is 18.2 Å². The van der Waals surface area contributed by atoms with Crippen LogP contribution in [0.5, 0.6) is 0 Å². The lowest BCUT2D eigenvalue weighted by molar-refractivity contribution is -0.387. The molecule has 0 radical (unpaired) electrons. The Labute approximate surface area is 360 Å². The summed E-state index contributed by atoms with van der Waals surface area (Å²) in [6.45, 7) is 6.42. The summed E-state index contributed by atoms with van der Waals surface area (Å²) >= 11 is 0. The molecular formula is C43H49NO19. The summed E-state index contributed by atoms with van der Waals surface area (Å²) in [5.41, 5.74) is -13.0. The predicted octanol–water partition coefficient (Wildman–Crippen LogP) is 1.27. The van der Waals surface area contributed by atoms with E-state index >= 15 is 0 Å². The largest absolute Gasteiger partial charge is 0.465 e. The number of carbonyl (C=O) groups is 8. The van der Waals surface area contributed by atoms with Gasteiger partial charge in [-0.15, -0.1) is 0 Å². The molecule has 2 aliphatic carbocycles. The second-order valence-corrected chi connectivity index (χ2v) is 16.7. The van der Waals surface area contributed by atoms with Gasteiger partial charge in [-0.05, 0) is 51.5 Å². The number of aliphatic hydroxyl groups is 2. The molecule has 1 saturated heterocycles. The minimum atomic E-state index is -2.96. The van der Waals surface area contributed by atoms with Crippen LogP contribution in [-0.2, 0) is 77.8 Å². The lowest BCUT2D eigenvalue weighted by Crippen LogP contribution is -2.89. The number of hydrogen-bond acceptors (Lipinski definition) is 20. The molecule has 0 amide bonds. The van der Waals surface area contributed by atoms with Crippen molar-refractivity contribution in [1.82, 2.24) is 4.98 Å². The fourth-order valence-corrected chi connectivity index (χ4v) is 9.79. The Balaban J connectivity index is 1.71. The van der Waals surface area contributed by atoms with Crippen molar-refractivity contribution >= 4 is 47.8 Å². The summed E-state index contributed by atoms with van der Waals surface area (Å²) < 4.78 is 53.9. The maximum absolute atomic E-state index is 15.0. The van der Waals surface area contributed by atoms with Gasteiger partial charge in [0.05, 0.1) is 28.8 Å². The maximum atomic E-state index is 15.0. The Bertz CT molecular complexity index is 2190. The Morgan fingerprint density at radius 3 is 1.97 bits per heavy atom. The third-order valence-electron chi connectivity index (χ3n) is 12.3. The lowest BCUT2D eigenvalue weighted by atomic mass is 9.45. The SMILES string of the molecule is CC(=O)OC[C@]12[C@H](OC(C)=O)[C@H](OC(C)=O)[C@@H]3[C@@H](O)[C@@]14O[C@@]3(C)COC(=O)c1cccnc1CC[C@@](C)(OC(=O)c1ccccc1)C(=O)O[C@@H]([C@H](OC(C)=O)[C@@H]2OC(C)=O)[C@]4(C)O. The van der Waals surface area contributed by atoms with Crippen molar-refractivity contribution in [2.45, 2.75) is 127 Å². The number of esters is 8. The lowest BCUT2D eigenvalue weighted by Gasteiger charge is -2.67. The molecule has 4 bridgehead atoms. The number of nitrogens with zero attached hydrogens (tertiary/aromatic N) is 1. The summed E-state index contributed by atoms with van der Waals surface area (Å²) in [6.07, 6.45) is -12.1. The zero-order valence-electron chi connectivity index (χ0n) is 35.8. The van der Waals surface area contributed by atoms with Crippen molar-refractivity contribution in [2.24, 2.45) is 11.3 Å². The molecule has 2 N–H and O–H groups in total. The van der Waals surface area contributed by atoms with Gasteiger partial charge in [0.1, 0.15) is 41.5 Å². The molecular weight excluding hydrogens is 834 g/mol. The molecule has 0 unspecified atom stereocenters. The van der Waals surface area contributed by atoms with E-state index in [0.29, 0.717) is 0 Å². The minimum absolute atomic E-state index is 0.0184. The smallest absolute Gasteiger partial charge is 0.350 e. The molecule has 1 aromatic carbocycles. The summed E-state index contributed by atoms with van der Waals surface area (Å²) in [4.78, 5) is 113. The van der Waals surface area contributed by atoms with Crippen LogP contribution in [0.15, 0.2) is 48.7 Å². The van der Waals surface area contributed by atoms with Gasteiger partial charge in [-0.25, -0.2) is 14.4 Å². The summed E-state index contributed by atoms with van der Waals surface area (Å²) in [6, 6.07) is 10.4. The van der Waals surface area contributed by atoms with E-state index in [4.69, 9.17) is 42.6 Å². The first-order valence-corrected chi connectivity index (χ1v) is 20.0. The zero-order valence-corrected chi connectivity index (χ0v) is 35.8. The van der Waals surface area contributed by atoms with Crippen LogP contribution in [0, 0.1) is 11.3 Å². The van der Waals surface area contributed by atoms with Gasteiger partial charge >= 0.3 is 47.8 Å². The highest BCUT2D eigenvalue weighted by molar-refractivity contribution is 5.93. The molecule has 2 aliphatic heterocycles. The summed E-state index contributed by atoms with van der Waals surface area (Å²) in [5.74, 6) is -10.3. The van der Waals surface area contributed by atoms with Gasteiger partial charge in [-0.2, -0.15) is 0 Å². The first kappa shape index (κ1) is 46.5. The molecule has 6 rings (SSSR count). The average molecular weight is 884 g/mol. The van der Waals surface area contributed by atoms with Crippen LogP contribution < -0.4 is 0 Å². The highest BCUT2D eigenvalue weighted by Gasteiger charge is 2.91. The van der Waals surface area contributed by atoms with Crippen molar-refractivity contribution in [3.05, 3.63) is 65.5 Å². The zero-order chi connectivity index (χ0) is 46.4. The second kappa shape index (κ2) is 16.9. The molecule has 1 aromatic heterocycles. The number of benzene rings is 1. The van der Waals surface area contributed by atoms with Gasteiger partial charge < -0.3 is 52.8 Å². The normalized spacial score (nSPS) is 35.8. The number of fused-ring (bicyclic) bond motifs is 5. The first-order valence-electron chi connectivity index (χ1n) is 20.0. The molecule has 2 saturated carbocycles. The third kappa shape index (κ3) is 7.88. The number of aromatic nitrogens is 1. The van der Waals surface area contributed by atoms with Gasteiger partial charge in [0.15, 0.2) is 24.4 Å². The molecule has 2 aromatic rings. The summed E-state index contributed by atoms with van der Waals surface area (Å²) in [5, 5.41) is 26.4. The molecule has 4 aliphatic rings. The fraction of sp³-hybridized carbons (Fsp3) is 0.558. The highest BCUT2D eigenvalue weighted by Crippen LogP contribution is 2.69. The van der Waals surface area contributed by atoms with E-state index in [1.54, 1.807) is 18.2 Å². The van der Waals surface area contributed by atoms with Crippen LogP contribution in [0.25, 0.3) is 0 Å². The number of hydrogen-bond donors (Lipinski definition) is 2. The average Bonchev–Trinajstić information content (AvgIpc) is 3.40. The van der Waals surface area contributed by atoms with Crippen LogP contribution >= 0.6 is 0 Å². The number of cyclic esters (lactones) is 1. The molecule has 3 fully saturated rings. The molecule has 12 atom stereocenters. The number of pyridine rings is 1. The van der Waals surface area contributed by atoms with Crippen molar-refractivity contribution in [3.63, 3.8) is 0 Å². The standard InChI is InChI=1S/C43H49NO19/c1-21(45)55-20-42-34(59-24(4)48)30(57-22(2)46)29-32(50)43(42)41(8,54)33(31(58-23(3)47)35(42)60-25(5)49)61-38(53)39(6,62-36(51)26-13-10-9-11-14-26)17-16-28-27(15-12-18-44-28)37(52)56-19-40(29,7)63-43/h9-15,18,29-35,50,54H,16-17,19-20H2,1-8H3/t29-,30-,31+,32-,33+,34-,35+,39-,40+,41+,42-,43+/m1/s1. The quantitative estimate of drug-likeness (QED) is 0.279. The monoisotopic (exact) mass is 883 g/mol. The Morgan fingerprint density at radius 2 is 1.38 bits per heavy atom. The molecule has 3 heterocycles. The molecule has 20 nitrogen and oxygen atoms in total. The first-order chi connectivity index (χ1) is 29.5. The molecule has 340 valence electrons. The van der Waals surface area contributed by atoms with Crippen LogP contribution in [0.3, 0.4) is 0 Å². The van der Waals surface area contributed by atoms with Gasteiger partial charge in [0.2, 0.25) is 5.60 Å². The van der Waals surface area contributed by atoms with E-state index in [2.05, 4.69) is 4.98 Å². The number of carbonyl (C=O) groups excluding carboxylic acids is 8. The fourth-order valence-electron chi connectivity index (χ4n) is 9.79. The van der Waals surface area contributed by atoms with Crippen molar-refractivity contribution in [2.75, 3.05) is 13.2 Å². The van der Waals surface area contributed by atoms with Crippen molar-refractivity contribution in [3.8, 4) is 0 Å². The Morgan fingerprint density at radius 1 is 0.794 bits per heavy atom. The predicted molar refractivity (Wildman–Crippen MR) is 207 cm³/mol. The van der Waals surface area contributed by atoms with Crippen LogP contribution in [0.1, 0.15) is 88.2 Å². The number of aliphatic hydroxyl groups excluding tert-OH is 1. The van der Waals surface area contributed by atoms with E-state index in [0.717, 1.165) is 41.5 Å². The minimum Gasteiger partial charge on any atom is -0.465 e. The van der Waals surface area contributed by atoms with E-state index in [1.807, 2.05) is 0 Å². The van der Waals surface area contributed by atoms with E-state index in [1.165, 1.54) is 44.3 Å². The van der Waals surface area contributed by atoms with Gasteiger partial charge in [0, 0.05) is 47.2 Å². The highest BCUT2D eigenvalue weighted by atomic mass is 16.7. The topological polar surface area (TPSA) is 273 Å². The van der Waals surface area contributed by atoms with E-state index in [9.17, 15) is 48.6 Å². The summed E-state index contributed by atoms with van der Waals surface area (Å²) in [7, 11) is 0. The van der Waals surface area contributed by atoms with Crippen molar-refractivity contribution < 1.29 is 91.2 Å². The van der Waals surface area contributed by atoms with E-state index < -0.39 is 138 Å². The number of rotatable bonds is 8. The van der Waals surface area contributed by atoms with Gasteiger partial charge in [-0.3, -0.25) is 29.0 Å². The molecule has 20 heteroatoms. The maximum Gasteiger partial charge on any atom is 0.350 e. The Hall–Kier alpha value is -5.99. The third-order valence-corrected chi connectivity index (χ3v) is 12.3. The molecule has 1 spiro atoms. The van der Waals surface area contributed by atoms with Crippen LogP contribution in [0.4, 0.5) is 0 Å². The van der Waals surface area contributed by atoms with Crippen molar-refractivity contribution in [1.29, 1.82) is 0 Å². The van der Waals surface area contributed by atoms with Gasteiger partial charge in [0.25, 0.3) is 0 Å². The second-order valence-electron chi connectivity index (χ2n) is 16.7. The van der Waals surface area contributed by atoms with E-state index in [-0.39, 0.29) is 23.2 Å². The van der Waals surface area contributed by atoms with Crippen LogP contribution in [0.2, 0.25) is 0 Å².